The number of nitro benzene ring substituents is 1. The summed E-state index contributed by atoms with van der Waals surface area (Å²) in [6, 6.07) is 4.44. The van der Waals surface area contributed by atoms with Crippen molar-refractivity contribution in [1.29, 1.82) is 0 Å². The second kappa shape index (κ2) is 6.63. The van der Waals surface area contributed by atoms with Gasteiger partial charge in [-0.1, -0.05) is 0 Å². The van der Waals surface area contributed by atoms with Crippen LogP contribution in [0.3, 0.4) is 0 Å². The number of hydrogen-bond acceptors (Lipinski definition) is 7. The fourth-order valence-electron chi connectivity index (χ4n) is 3.23. The molecule has 0 amide bonds. The molecule has 0 saturated carbocycles. The summed E-state index contributed by atoms with van der Waals surface area (Å²) in [7, 11) is 1.70. The fraction of sp³-hybridized carbons (Fsp3) is 0.294. The van der Waals surface area contributed by atoms with Crippen LogP contribution in [0.15, 0.2) is 36.9 Å². The number of rotatable bonds is 5. The fourth-order valence-corrected chi connectivity index (χ4v) is 3.23. The molecule has 10 nitrogen and oxygen atoms in total. The lowest BCUT2D eigenvalue weighted by Crippen LogP contribution is -2.32. The number of nitrogens with one attached hydrogen (secondary N) is 1. The molecule has 0 spiro atoms. The summed E-state index contributed by atoms with van der Waals surface area (Å²) in [6.45, 7) is 0.584. The van der Waals surface area contributed by atoms with Crippen LogP contribution in [0.25, 0.3) is 0 Å². The Kier molecular flexibility index (Phi) is 4.15. The Hall–Kier alpha value is -3.56. The van der Waals surface area contributed by atoms with E-state index >= 15 is 0 Å². The highest BCUT2D eigenvalue weighted by Crippen LogP contribution is 2.28. The minimum absolute atomic E-state index is 0.00556. The van der Waals surface area contributed by atoms with Crippen molar-refractivity contribution < 1.29 is 9.72 Å². The van der Waals surface area contributed by atoms with E-state index < -0.39 is 4.92 Å². The molecule has 0 saturated heterocycles. The van der Waals surface area contributed by atoms with Crippen LogP contribution in [0.1, 0.15) is 28.4 Å². The highest BCUT2D eigenvalue weighted by atomic mass is 16.6. The number of carbonyl (C=O) groups excluding carboxylic acids is 1. The van der Waals surface area contributed by atoms with Crippen molar-refractivity contribution in [2.24, 2.45) is 7.05 Å². The molecule has 0 fully saturated rings. The van der Waals surface area contributed by atoms with Crippen molar-refractivity contribution in [2.75, 3.05) is 5.32 Å². The first-order valence-electron chi connectivity index (χ1n) is 8.46. The maximum atomic E-state index is 12.6. The van der Waals surface area contributed by atoms with Gasteiger partial charge in [0.2, 0.25) is 5.78 Å². The Morgan fingerprint density at radius 2 is 2.22 bits per heavy atom. The molecule has 3 heterocycles. The number of hydrogen-bond donors (Lipinski definition) is 1. The summed E-state index contributed by atoms with van der Waals surface area (Å²) in [6.07, 6.45) is 6.22. The van der Waals surface area contributed by atoms with Crippen LogP contribution >= 0.6 is 0 Å². The van der Waals surface area contributed by atoms with Crippen LogP contribution in [0.5, 0.6) is 0 Å². The lowest BCUT2D eigenvalue weighted by atomic mass is 10.1. The largest absolute Gasteiger partial charge is 0.375 e. The zero-order valence-electron chi connectivity index (χ0n) is 14.6. The molecule has 0 bridgehead atoms. The average Bonchev–Trinajstić information content (AvgIpc) is 3.29. The highest BCUT2D eigenvalue weighted by molar-refractivity contribution is 6.07. The number of ketones is 1. The molecule has 1 atom stereocenters. The Morgan fingerprint density at radius 3 is 2.96 bits per heavy atom. The molecule has 0 radical (unpaired) electrons. The van der Waals surface area contributed by atoms with Gasteiger partial charge in [0.15, 0.2) is 5.82 Å². The Bertz CT molecular complexity index is 1020. The van der Waals surface area contributed by atoms with Crippen LogP contribution in [-0.2, 0) is 20.0 Å². The summed E-state index contributed by atoms with van der Waals surface area (Å²) in [4.78, 5) is 31.8. The van der Waals surface area contributed by atoms with Gasteiger partial charge in [-0.15, -0.1) is 0 Å². The van der Waals surface area contributed by atoms with Crippen molar-refractivity contribution >= 4 is 17.2 Å². The van der Waals surface area contributed by atoms with Crippen molar-refractivity contribution in [3.8, 4) is 0 Å². The van der Waals surface area contributed by atoms with E-state index in [-0.39, 0.29) is 28.9 Å². The zero-order valence-corrected chi connectivity index (χ0v) is 14.6. The maximum Gasteiger partial charge on any atom is 0.293 e. The van der Waals surface area contributed by atoms with Gasteiger partial charge in [0.25, 0.3) is 5.69 Å². The lowest BCUT2D eigenvalue weighted by Gasteiger charge is -2.24. The Balaban J connectivity index is 1.59. The van der Waals surface area contributed by atoms with Gasteiger partial charge in [0, 0.05) is 43.5 Å². The lowest BCUT2D eigenvalue weighted by molar-refractivity contribution is -0.384. The van der Waals surface area contributed by atoms with E-state index in [9.17, 15) is 14.9 Å². The van der Waals surface area contributed by atoms with Crippen molar-refractivity contribution in [3.63, 3.8) is 0 Å². The number of aromatic nitrogens is 5. The normalized spacial score (nSPS) is 16.0. The van der Waals surface area contributed by atoms with E-state index in [0.29, 0.717) is 12.2 Å². The first-order chi connectivity index (χ1) is 13.0. The molecule has 1 N–H and O–H groups in total. The molecule has 0 aliphatic carbocycles. The van der Waals surface area contributed by atoms with Gasteiger partial charge in [-0.2, -0.15) is 5.10 Å². The standard InChI is InChI=1S/C17H17N7O3/c1-22-7-6-18-17(22)16(25)11-2-4-13(14(8-11)24(26)27)21-12-3-5-15-19-10-20-23(15)9-12/h2,4,6-8,10,12,21H,3,5,9H2,1H3. The summed E-state index contributed by atoms with van der Waals surface area (Å²) >= 11 is 0. The average molecular weight is 367 g/mol. The summed E-state index contributed by atoms with van der Waals surface area (Å²) in [5, 5.41) is 18.9. The molecule has 4 rings (SSSR count). The zero-order chi connectivity index (χ0) is 19.0. The van der Waals surface area contributed by atoms with Gasteiger partial charge in [-0.3, -0.25) is 14.9 Å². The third kappa shape index (κ3) is 3.16. The second-order valence-electron chi connectivity index (χ2n) is 6.42. The van der Waals surface area contributed by atoms with Crippen molar-refractivity contribution in [1.82, 2.24) is 24.3 Å². The topological polar surface area (TPSA) is 121 Å². The molecule has 1 aliphatic heterocycles. The smallest absolute Gasteiger partial charge is 0.293 e. The molecule has 3 aromatic rings. The molecule has 1 aliphatic rings. The molecule has 1 aromatic carbocycles. The first kappa shape index (κ1) is 16.9. The molecule has 2 aromatic heterocycles. The second-order valence-corrected chi connectivity index (χ2v) is 6.42. The maximum absolute atomic E-state index is 12.6. The molecule has 27 heavy (non-hydrogen) atoms. The van der Waals surface area contributed by atoms with Gasteiger partial charge in [0.1, 0.15) is 17.8 Å². The molecule has 138 valence electrons. The van der Waals surface area contributed by atoms with Gasteiger partial charge in [-0.25, -0.2) is 14.6 Å². The number of fused-ring (bicyclic) bond motifs is 1. The van der Waals surface area contributed by atoms with Gasteiger partial charge >= 0.3 is 0 Å². The van der Waals surface area contributed by atoms with E-state index in [1.54, 1.807) is 34.6 Å². The van der Waals surface area contributed by atoms with Crippen LogP contribution in [-0.4, -0.2) is 41.1 Å². The monoisotopic (exact) mass is 367 g/mol. The van der Waals surface area contributed by atoms with Gasteiger partial charge in [-0.05, 0) is 18.6 Å². The van der Waals surface area contributed by atoms with E-state index in [1.807, 2.05) is 0 Å². The number of benzene rings is 1. The third-order valence-corrected chi connectivity index (χ3v) is 4.65. The predicted molar refractivity (Wildman–Crippen MR) is 95.5 cm³/mol. The number of carbonyl (C=O) groups is 1. The van der Waals surface area contributed by atoms with Crippen LogP contribution in [0.4, 0.5) is 11.4 Å². The number of anilines is 1. The summed E-state index contributed by atoms with van der Waals surface area (Å²) < 4.78 is 3.38. The Labute approximate surface area is 154 Å². The number of imidazole rings is 1. The van der Waals surface area contributed by atoms with E-state index in [1.165, 1.54) is 18.6 Å². The van der Waals surface area contributed by atoms with E-state index in [4.69, 9.17) is 0 Å². The first-order valence-corrected chi connectivity index (χ1v) is 8.46. The predicted octanol–water partition coefficient (Wildman–Crippen LogP) is 1.58. The van der Waals surface area contributed by atoms with Crippen molar-refractivity contribution in [3.05, 3.63) is 64.2 Å². The van der Waals surface area contributed by atoms with Crippen LogP contribution < -0.4 is 5.32 Å². The molecular formula is C17H17N7O3. The molecule has 10 heteroatoms. The molecule has 1 unspecified atom stereocenters. The number of nitrogens with zero attached hydrogens (tertiary/aromatic N) is 6. The van der Waals surface area contributed by atoms with Crippen molar-refractivity contribution in [2.45, 2.75) is 25.4 Å². The van der Waals surface area contributed by atoms with E-state index in [0.717, 1.165) is 18.7 Å². The third-order valence-electron chi connectivity index (χ3n) is 4.65. The quantitative estimate of drug-likeness (QED) is 0.413. The van der Waals surface area contributed by atoms with Crippen LogP contribution in [0, 0.1) is 10.1 Å². The van der Waals surface area contributed by atoms with E-state index in [2.05, 4.69) is 20.4 Å². The number of nitro groups is 1. The van der Waals surface area contributed by atoms with Gasteiger partial charge in [0.05, 0.1) is 11.5 Å². The minimum atomic E-state index is -0.485. The summed E-state index contributed by atoms with van der Waals surface area (Å²) in [5.41, 5.74) is 0.466. The van der Waals surface area contributed by atoms with Gasteiger partial charge < -0.3 is 9.88 Å². The highest BCUT2D eigenvalue weighted by Gasteiger charge is 2.24. The molecular weight excluding hydrogens is 350 g/mol. The van der Waals surface area contributed by atoms with Crippen LogP contribution in [0.2, 0.25) is 0 Å². The Morgan fingerprint density at radius 1 is 1.37 bits per heavy atom. The summed E-state index contributed by atoms with van der Waals surface area (Å²) in [5.74, 6) is 0.789. The minimum Gasteiger partial charge on any atom is -0.375 e. The SMILES string of the molecule is Cn1ccnc1C(=O)c1ccc(NC2CCc3ncnn3C2)c([N+](=O)[O-])c1. The number of aryl methyl sites for hydroxylation is 2.